The van der Waals surface area contributed by atoms with Gasteiger partial charge in [-0.25, -0.2) is 8.78 Å². The zero-order chi connectivity index (χ0) is 22.5. The van der Waals surface area contributed by atoms with Gasteiger partial charge in [0.05, 0.1) is 7.11 Å². The highest BCUT2D eigenvalue weighted by Gasteiger charge is 2.25. The average molecular weight is 442 g/mol. The fourth-order valence-corrected chi connectivity index (χ4v) is 3.59. The summed E-state index contributed by atoms with van der Waals surface area (Å²) in [5.41, 5.74) is 0.316. The molecule has 0 saturated carbocycles. The van der Waals surface area contributed by atoms with E-state index in [4.69, 9.17) is 13.9 Å². The Kier molecular flexibility index (Phi) is 6.70. The molecule has 0 unspecified atom stereocenters. The molecule has 32 heavy (non-hydrogen) atoms. The molecule has 1 aromatic heterocycles. The summed E-state index contributed by atoms with van der Waals surface area (Å²) in [6.45, 7) is 2.58. The van der Waals surface area contributed by atoms with Crippen molar-refractivity contribution in [2.24, 2.45) is 0 Å². The SMILES string of the molecule is COc1cccc(OCc2ccc(C(=O)N3CCN(Cc4cccc(F)c4F)CC3)o2)c1. The summed E-state index contributed by atoms with van der Waals surface area (Å²) < 4.78 is 43.8. The van der Waals surface area contributed by atoms with E-state index in [2.05, 4.69) is 0 Å². The van der Waals surface area contributed by atoms with Crippen LogP contribution in [0.2, 0.25) is 0 Å². The van der Waals surface area contributed by atoms with Crippen molar-refractivity contribution in [3.63, 3.8) is 0 Å². The van der Waals surface area contributed by atoms with Gasteiger partial charge in [0.1, 0.15) is 23.9 Å². The fraction of sp³-hybridized carbons (Fsp3) is 0.292. The van der Waals surface area contributed by atoms with Crippen LogP contribution in [-0.4, -0.2) is 49.0 Å². The Balaban J connectivity index is 1.29. The van der Waals surface area contributed by atoms with Gasteiger partial charge in [0.25, 0.3) is 5.91 Å². The average Bonchev–Trinajstić information content (AvgIpc) is 3.30. The second-order valence-corrected chi connectivity index (χ2v) is 7.51. The summed E-state index contributed by atoms with van der Waals surface area (Å²) >= 11 is 0. The highest BCUT2D eigenvalue weighted by Crippen LogP contribution is 2.21. The highest BCUT2D eigenvalue weighted by atomic mass is 19.2. The number of nitrogens with zero attached hydrogens (tertiary/aromatic N) is 2. The normalized spacial score (nSPS) is 14.4. The van der Waals surface area contributed by atoms with Gasteiger partial charge in [-0.1, -0.05) is 18.2 Å². The van der Waals surface area contributed by atoms with Crippen molar-refractivity contribution in [3.05, 3.63) is 83.3 Å². The first-order valence-corrected chi connectivity index (χ1v) is 10.3. The van der Waals surface area contributed by atoms with Gasteiger partial charge in [0, 0.05) is 44.4 Å². The highest BCUT2D eigenvalue weighted by molar-refractivity contribution is 5.91. The van der Waals surface area contributed by atoms with Crippen molar-refractivity contribution in [3.8, 4) is 11.5 Å². The second-order valence-electron chi connectivity index (χ2n) is 7.51. The van der Waals surface area contributed by atoms with Crippen LogP contribution in [0.3, 0.4) is 0 Å². The van der Waals surface area contributed by atoms with Gasteiger partial charge in [0.15, 0.2) is 17.4 Å². The van der Waals surface area contributed by atoms with Crippen LogP contribution < -0.4 is 9.47 Å². The van der Waals surface area contributed by atoms with Gasteiger partial charge in [0.2, 0.25) is 0 Å². The van der Waals surface area contributed by atoms with Crippen LogP contribution >= 0.6 is 0 Å². The van der Waals surface area contributed by atoms with E-state index < -0.39 is 11.6 Å². The molecule has 0 N–H and O–H groups in total. The fourth-order valence-electron chi connectivity index (χ4n) is 3.59. The lowest BCUT2D eigenvalue weighted by molar-refractivity contribution is 0.0592. The number of furan rings is 1. The third kappa shape index (κ3) is 5.08. The maximum Gasteiger partial charge on any atom is 0.289 e. The van der Waals surface area contributed by atoms with E-state index in [-0.39, 0.29) is 18.3 Å². The molecular formula is C24H24F2N2O4. The number of halogens is 2. The summed E-state index contributed by atoms with van der Waals surface area (Å²) in [6.07, 6.45) is 0. The maximum absolute atomic E-state index is 13.9. The lowest BCUT2D eigenvalue weighted by Crippen LogP contribution is -2.48. The molecule has 0 radical (unpaired) electrons. The Labute approximate surface area is 184 Å². The van der Waals surface area contributed by atoms with E-state index in [1.165, 1.54) is 6.07 Å². The summed E-state index contributed by atoms with van der Waals surface area (Å²) in [7, 11) is 1.59. The van der Waals surface area contributed by atoms with E-state index in [1.54, 1.807) is 36.3 Å². The molecule has 0 aliphatic carbocycles. The van der Waals surface area contributed by atoms with Gasteiger partial charge < -0.3 is 18.8 Å². The quantitative estimate of drug-likeness (QED) is 0.552. The van der Waals surface area contributed by atoms with Crippen molar-refractivity contribution >= 4 is 5.91 Å². The van der Waals surface area contributed by atoms with Gasteiger partial charge in [-0.05, 0) is 30.3 Å². The number of ether oxygens (including phenoxy) is 2. The molecule has 1 aliphatic rings. The van der Waals surface area contributed by atoms with E-state index >= 15 is 0 Å². The minimum Gasteiger partial charge on any atom is -0.497 e. The minimum atomic E-state index is -0.847. The largest absolute Gasteiger partial charge is 0.497 e. The molecule has 4 rings (SSSR count). The molecule has 2 heterocycles. The molecule has 3 aromatic rings. The number of methoxy groups -OCH3 is 1. The number of carbonyl (C=O) groups is 1. The third-order valence-electron chi connectivity index (χ3n) is 5.38. The number of rotatable bonds is 7. The predicted molar refractivity (Wildman–Crippen MR) is 114 cm³/mol. The molecule has 1 amide bonds. The Morgan fingerprint density at radius 1 is 1.00 bits per heavy atom. The van der Waals surface area contributed by atoms with Crippen LogP contribution in [0, 0.1) is 11.6 Å². The van der Waals surface area contributed by atoms with Crippen molar-refractivity contribution in [2.75, 3.05) is 33.3 Å². The number of piperazine rings is 1. The lowest BCUT2D eigenvalue weighted by Gasteiger charge is -2.34. The van der Waals surface area contributed by atoms with Crippen LogP contribution in [0.15, 0.2) is 59.0 Å². The molecular weight excluding hydrogens is 418 g/mol. The summed E-state index contributed by atoms with van der Waals surface area (Å²) in [6, 6.07) is 14.8. The molecule has 168 valence electrons. The monoisotopic (exact) mass is 442 g/mol. The first kappa shape index (κ1) is 21.8. The summed E-state index contributed by atoms with van der Waals surface area (Å²) in [5.74, 6) is 0.256. The van der Waals surface area contributed by atoms with Crippen LogP contribution in [0.5, 0.6) is 11.5 Å². The summed E-state index contributed by atoms with van der Waals surface area (Å²) in [4.78, 5) is 16.5. The molecule has 0 spiro atoms. The van der Waals surface area contributed by atoms with Gasteiger partial charge in [-0.3, -0.25) is 9.69 Å². The topological polar surface area (TPSA) is 55.2 Å². The molecule has 6 nitrogen and oxygen atoms in total. The maximum atomic E-state index is 13.9. The van der Waals surface area contributed by atoms with Crippen molar-refractivity contribution in [2.45, 2.75) is 13.2 Å². The van der Waals surface area contributed by atoms with Gasteiger partial charge in [-0.15, -0.1) is 0 Å². The lowest BCUT2D eigenvalue weighted by atomic mass is 10.1. The van der Waals surface area contributed by atoms with Crippen LogP contribution in [0.1, 0.15) is 21.9 Å². The second kappa shape index (κ2) is 9.82. The van der Waals surface area contributed by atoms with Gasteiger partial charge >= 0.3 is 0 Å². The number of benzene rings is 2. The number of hydrogen-bond donors (Lipinski definition) is 0. The predicted octanol–water partition coefficient (Wildman–Crippen LogP) is 4.10. The molecule has 8 heteroatoms. The Hall–Kier alpha value is -3.39. The summed E-state index contributed by atoms with van der Waals surface area (Å²) in [5, 5.41) is 0. The number of carbonyl (C=O) groups excluding carboxylic acids is 1. The standard InChI is InChI=1S/C24H24F2N2O4/c1-30-18-5-3-6-19(14-18)31-16-20-8-9-22(32-20)24(29)28-12-10-27(11-13-28)15-17-4-2-7-21(25)23(17)26/h2-9,14H,10-13,15-16H2,1H3. The van der Waals surface area contributed by atoms with E-state index in [1.807, 2.05) is 23.1 Å². The van der Waals surface area contributed by atoms with Crippen molar-refractivity contribution in [1.82, 2.24) is 9.80 Å². The molecule has 0 bridgehead atoms. The third-order valence-corrected chi connectivity index (χ3v) is 5.38. The first-order chi connectivity index (χ1) is 15.5. The van der Waals surface area contributed by atoms with E-state index in [9.17, 15) is 13.6 Å². The minimum absolute atomic E-state index is 0.188. The van der Waals surface area contributed by atoms with Crippen molar-refractivity contribution < 1.29 is 27.5 Å². The molecule has 1 saturated heterocycles. The van der Waals surface area contributed by atoms with Crippen LogP contribution in [0.25, 0.3) is 0 Å². The van der Waals surface area contributed by atoms with Gasteiger partial charge in [-0.2, -0.15) is 0 Å². The first-order valence-electron chi connectivity index (χ1n) is 10.3. The molecule has 1 aliphatic heterocycles. The molecule has 0 atom stereocenters. The van der Waals surface area contributed by atoms with Crippen LogP contribution in [0.4, 0.5) is 8.78 Å². The molecule has 2 aromatic carbocycles. The number of amides is 1. The van der Waals surface area contributed by atoms with Crippen molar-refractivity contribution in [1.29, 1.82) is 0 Å². The van der Waals surface area contributed by atoms with E-state index in [0.29, 0.717) is 55.5 Å². The Bertz CT molecular complexity index is 1080. The zero-order valence-corrected chi connectivity index (χ0v) is 17.7. The van der Waals surface area contributed by atoms with E-state index in [0.717, 1.165) is 6.07 Å². The smallest absolute Gasteiger partial charge is 0.289 e. The zero-order valence-electron chi connectivity index (χ0n) is 17.7. The Morgan fingerprint density at radius 3 is 2.53 bits per heavy atom. The number of hydrogen-bond acceptors (Lipinski definition) is 5. The Morgan fingerprint density at radius 2 is 1.75 bits per heavy atom. The van der Waals surface area contributed by atoms with Crippen LogP contribution in [-0.2, 0) is 13.2 Å². The molecule has 1 fully saturated rings.